The van der Waals surface area contributed by atoms with E-state index in [4.69, 9.17) is 4.74 Å². The van der Waals surface area contributed by atoms with E-state index in [-0.39, 0.29) is 12.5 Å². The van der Waals surface area contributed by atoms with Crippen LogP contribution in [0.15, 0.2) is 0 Å². The van der Waals surface area contributed by atoms with Gasteiger partial charge in [-0.1, -0.05) is 0 Å². The summed E-state index contributed by atoms with van der Waals surface area (Å²) in [5.41, 5.74) is -0.913. The fourth-order valence-electron chi connectivity index (χ4n) is 1.02. The first kappa shape index (κ1) is 13.9. The lowest BCUT2D eigenvalue weighted by molar-refractivity contribution is -0.156. The monoisotopic (exact) mass is 217 g/mol. The zero-order chi connectivity index (χ0) is 12.1. The molecule has 1 amide bonds. The van der Waals surface area contributed by atoms with E-state index in [1.807, 2.05) is 0 Å². The molecule has 0 spiro atoms. The van der Waals surface area contributed by atoms with Crippen LogP contribution in [0.25, 0.3) is 0 Å². The smallest absolute Gasteiger partial charge is 0.325 e. The minimum Gasteiger partial charge on any atom is -0.468 e. The zero-order valence-electron chi connectivity index (χ0n) is 9.99. The summed E-state index contributed by atoms with van der Waals surface area (Å²) >= 11 is 0. The Morgan fingerprint density at radius 1 is 1.27 bits per heavy atom. The molecule has 0 rings (SSSR count). The summed E-state index contributed by atoms with van der Waals surface area (Å²) in [4.78, 5) is 24.3. The quantitative estimate of drug-likeness (QED) is 0.627. The van der Waals surface area contributed by atoms with E-state index in [0.717, 1.165) is 0 Å². The van der Waals surface area contributed by atoms with Crippen LogP contribution in [0.2, 0.25) is 0 Å². The number of carbonyl (C=O) groups excluding carboxylic acids is 2. The number of amides is 1. The van der Waals surface area contributed by atoms with Crippen LogP contribution in [0.5, 0.6) is 0 Å². The standard InChI is InChI=1S/C10H19NO4/c1-6-11(7-8(12)14-4)9(13)10(2,3)15-5/h6-7H2,1-5H3. The third kappa shape index (κ3) is 3.87. The zero-order valence-corrected chi connectivity index (χ0v) is 9.99. The van der Waals surface area contributed by atoms with E-state index in [1.165, 1.54) is 19.1 Å². The topological polar surface area (TPSA) is 55.8 Å². The second-order valence-corrected chi connectivity index (χ2v) is 3.61. The molecule has 88 valence electrons. The number of carbonyl (C=O) groups is 2. The Bertz CT molecular complexity index is 238. The van der Waals surface area contributed by atoms with E-state index < -0.39 is 11.6 Å². The number of methoxy groups -OCH3 is 2. The maximum Gasteiger partial charge on any atom is 0.325 e. The summed E-state index contributed by atoms with van der Waals surface area (Å²) in [6.45, 7) is 5.52. The highest BCUT2D eigenvalue weighted by atomic mass is 16.5. The van der Waals surface area contributed by atoms with Crippen LogP contribution in [0.3, 0.4) is 0 Å². The van der Waals surface area contributed by atoms with Gasteiger partial charge < -0.3 is 14.4 Å². The molecule has 0 aromatic rings. The van der Waals surface area contributed by atoms with Crippen molar-refractivity contribution in [2.24, 2.45) is 0 Å². The first-order chi connectivity index (χ1) is 6.88. The van der Waals surface area contributed by atoms with E-state index in [0.29, 0.717) is 6.54 Å². The molecule has 0 bridgehead atoms. The minimum atomic E-state index is -0.913. The predicted molar refractivity (Wildman–Crippen MR) is 55.4 cm³/mol. The van der Waals surface area contributed by atoms with Crippen molar-refractivity contribution in [3.05, 3.63) is 0 Å². The Kier molecular flexibility index (Phi) is 5.28. The van der Waals surface area contributed by atoms with Gasteiger partial charge in [0, 0.05) is 13.7 Å². The molecule has 5 heteroatoms. The van der Waals surface area contributed by atoms with Crippen molar-refractivity contribution < 1.29 is 19.1 Å². The van der Waals surface area contributed by atoms with Crippen molar-refractivity contribution in [1.29, 1.82) is 0 Å². The summed E-state index contributed by atoms with van der Waals surface area (Å²) in [7, 11) is 2.76. The van der Waals surface area contributed by atoms with Crippen molar-refractivity contribution in [3.8, 4) is 0 Å². The normalized spacial score (nSPS) is 11.0. The lowest BCUT2D eigenvalue weighted by Crippen LogP contribution is -2.48. The Morgan fingerprint density at radius 3 is 2.13 bits per heavy atom. The second-order valence-electron chi connectivity index (χ2n) is 3.61. The third-order valence-electron chi connectivity index (χ3n) is 2.24. The van der Waals surface area contributed by atoms with Crippen LogP contribution >= 0.6 is 0 Å². The molecule has 15 heavy (non-hydrogen) atoms. The molecule has 0 aromatic heterocycles. The SMILES string of the molecule is CCN(CC(=O)OC)C(=O)C(C)(C)OC. The van der Waals surface area contributed by atoms with Crippen LogP contribution in [0.4, 0.5) is 0 Å². The first-order valence-corrected chi connectivity index (χ1v) is 4.80. The highest BCUT2D eigenvalue weighted by molar-refractivity contribution is 5.87. The van der Waals surface area contributed by atoms with Crippen molar-refractivity contribution >= 4 is 11.9 Å². The van der Waals surface area contributed by atoms with Crippen molar-refractivity contribution in [2.45, 2.75) is 26.4 Å². The predicted octanol–water partition coefficient (Wildman–Crippen LogP) is 0.433. The average molecular weight is 217 g/mol. The molecule has 0 aliphatic carbocycles. The van der Waals surface area contributed by atoms with Gasteiger partial charge in [-0.25, -0.2) is 0 Å². The summed E-state index contributed by atoms with van der Waals surface area (Å²) < 4.78 is 9.56. The Morgan fingerprint density at radius 2 is 1.80 bits per heavy atom. The van der Waals surface area contributed by atoms with E-state index in [1.54, 1.807) is 20.8 Å². The van der Waals surface area contributed by atoms with Crippen LogP contribution in [-0.2, 0) is 19.1 Å². The summed E-state index contributed by atoms with van der Waals surface area (Å²) in [5.74, 6) is -0.657. The number of likely N-dealkylation sites (N-methyl/N-ethyl adjacent to an activating group) is 1. The summed E-state index contributed by atoms with van der Waals surface area (Å²) in [5, 5.41) is 0. The van der Waals surface area contributed by atoms with Gasteiger partial charge in [0.05, 0.1) is 7.11 Å². The molecular weight excluding hydrogens is 198 g/mol. The van der Waals surface area contributed by atoms with Crippen molar-refractivity contribution in [3.63, 3.8) is 0 Å². The average Bonchev–Trinajstić information content (AvgIpc) is 2.24. The van der Waals surface area contributed by atoms with Crippen LogP contribution in [0.1, 0.15) is 20.8 Å². The maximum absolute atomic E-state index is 11.9. The summed E-state index contributed by atoms with van der Waals surface area (Å²) in [6.07, 6.45) is 0. The molecule has 0 N–H and O–H groups in total. The molecule has 0 saturated heterocycles. The Balaban J connectivity index is 4.54. The molecule has 0 aliphatic rings. The van der Waals surface area contributed by atoms with Crippen LogP contribution < -0.4 is 0 Å². The van der Waals surface area contributed by atoms with Gasteiger partial charge in [0.15, 0.2) is 0 Å². The van der Waals surface area contributed by atoms with Gasteiger partial charge in [0.2, 0.25) is 0 Å². The van der Waals surface area contributed by atoms with Gasteiger partial charge in [-0.3, -0.25) is 9.59 Å². The van der Waals surface area contributed by atoms with Gasteiger partial charge in [0.25, 0.3) is 5.91 Å². The van der Waals surface area contributed by atoms with Gasteiger partial charge in [-0.2, -0.15) is 0 Å². The van der Waals surface area contributed by atoms with E-state index in [9.17, 15) is 9.59 Å². The lowest BCUT2D eigenvalue weighted by atomic mass is 10.1. The van der Waals surface area contributed by atoms with E-state index in [2.05, 4.69) is 4.74 Å². The molecule has 0 radical (unpaired) electrons. The van der Waals surface area contributed by atoms with Gasteiger partial charge in [-0.15, -0.1) is 0 Å². The first-order valence-electron chi connectivity index (χ1n) is 4.80. The number of ether oxygens (including phenoxy) is 2. The van der Waals surface area contributed by atoms with E-state index >= 15 is 0 Å². The Hall–Kier alpha value is -1.10. The number of rotatable bonds is 5. The molecule has 0 aromatic carbocycles. The molecule has 0 fully saturated rings. The minimum absolute atomic E-state index is 0.0430. The molecule has 0 aliphatic heterocycles. The fourth-order valence-corrected chi connectivity index (χ4v) is 1.02. The van der Waals surface area contributed by atoms with Crippen molar-refractivity contribution in [2.75, 3.05) is 27.3 Å². The highest BCUT2D eigenvalue weighted by Crippen LogP contribution is 2.12. The number of esters is 1. The number of hydrogen-bond donors (Lipinski definition) is 0. The molecule has 0 saturated carbocycles. The van der Waals surface area contributed by atoms with Crippen molar-refractivity contribution in [1.82, 2.24) is 4.90 Å². The summed E-state index contributed by atoms with van der Waals surface area (Å²) in [6, 6.07) is 0. The molecule has 0 heterocycles. The third-order valence-corrected chi connectivity index (χ3v) is 2.24. The maximum atomic E-state index is 11.9. The van der Waals surface area contributed by atoms with Crippen LogP contribution in [0, 0.1) is 0 Å². The fraction of sp³-hybridized carbons (Fsp3) is 0.800. The molecule has 0 atom stereocenters. The molecular formula is C10H19NO4. The Labute approximate surface area is 90.3 Å². The van der Waals surface area contributed by atoms with Gasteiger partial charge in [-0.05, 0) is 20.8 Å². The number of nitrogens with zero attached hydrogens (tertiary/aromatic N) is 1. The number of hydrogen-bond acceptors (Lipinski definition) is 4. The van der Waals surface area contributed by atoms with Gasteiger partial charge in [0.1, 0.15) is 12.1 Å². The largest absolute Gasteiger partial charge is 0.468 e. The van der Waals surface area contributed by atoms with Crippen LogP contribution in [-0.4, -0.2) is 49.7 Å². The molecule has 0 unspecified atom stereocenters. The highest BCUT2D eigenvalue weighted by Gasteiger charge is 2.32. The lowest BCUT2D eigenvalue weighted by Gasteiger charge is -2.29. The second kappa shape index (κ2) is 5.70. The molecule has 5 nitrogen and oxygen atoms in total. The van der Waals surface area contributed by atoms with Gasteiger partial charge >= 0.3 is 5.97 Å².